The maximum absolute atomic E-state index is 5.55. The van der Waals surface area contributed by atoms with Gasteiger partial charge in [-0.1, -0.05) is 6.92 Å². The summed E-state index contributed by atoms with van der Waals surface area (Å²) >= 11 is 0. The molecular formula is C13H17N3O2. The summed E-state index contributed by atoms with van der Waals surface area (Å²) in [6, 6.07) is 1.79. The van der Waals surface area contributed by atoms with Gasteiger partial charge in [0.15, 0.2) is 0 Å². The molecule has 2 rings (SSSR count). The Morgan fingerprint density at radius 2 is 2.17 bits per heavy atom. The fraction of sp³-hybridized carbons (Fsp3) is 0.385. The molecule has 1 unspecified atom stereocenters. The normalized spacial score (nSPS) is 12.4. The van der Waals surface area contributed by atoms with Crippen LogP contribution in [0, 0.1) is 6.92 Å². The van der Waals surface area contributed by atoms with Gasteiger partial charge in [0.2, 0.25) is 5.88 Å². The number of aromatic nitrogens is 2. The van der Waals surface area contributed by atoms with E-state index in [1.165, 1.54) is 0 Å². The SMILES string of the molecule is CCNC(c1nccnc1OC)c1occc1C. The van der Waals surface area contributed by atoms with Crippen LogP contribution >= 0.6 is 0 Å². The van der Waals surface area contributed by atoms with Crippen molar-refractivity contribution in [3.8, 4) is 5.88 Å². The van der Waals surface area contributed by atoms with Crippen molar-refractivity contribution in [1.82, 2.24) is 15.3 Å². The van der Waals surface area contributed by atoms with Crippen molar-refractivity contribution in [3.05, 3.63) is 41.7 Å². The Morgan fingerprint density at radius 3 is 2.78 bits per heavy atom. The molecule has 18 heavy (non-hydrogen) atoms. The Bertz CT molecular complexity index is 510. The van der Waals surface area contributed by atoms with Crippen LogP contribution in [0.15, 0.2) is 29.1 Å². The van der Waals surface area contributed by atoms with Gasteiger partial charge >= 0.3 is 0 Å². The van der Waals surface area contributed by atoms with Crippen LogP contribution in [0.4, 0.5) is 0 Å². The van der Waals surface area contributed by atoms with Crippen molar-refractivity contribution >= 4 is 0 Å². The molecule has 0 saturated carbocycles. The lowest BCUT2D eigenvalue weighted by Crippen LogP contribution is -2.24. The molecule has 2 aromatic heterocycles. The van der Waals surface area contributed by atoms with E-state index in [1.54, 1.807) is 25.8 Å². The number of methoxy groups -OCH3 is 1. The highest BCUT2D eigenvalue weighted by molar-refractivity contribution is 5.31. The molecule has 0 bridgehead atoms. The van der Waals surface area contributed by atoms with Crippen molar-refractivity contribution in [2.75, 3.05) is 13.7 Å². The minimum atomic E-state index is -0.145. The molecule has 2 heterocycles. The van der Waals surface area contributed by atoms with Gasteiger partial charge in [0, 0.05) is 12.4 Å². The number of hydrogen-bond acceptors (Lipinski definition) is 5. The monoisotopic (exact) mass is 247 g/mol. The van der Waals surface area contributed by atoms with Crippen molar-refractivity contribution in [2.24, 2.45) is 0 Å². The lowest BCUT2D eigenvalue weighted by Gasteiger charge is -2.17. The summed E-state index contributed by atoms with van der Waals surface area (Å²) in [5, 5.41) is 3.34. The first-order chi connectivity index (χ1) is 8.77. The van der Waals surface area contributed by atoms with Gasteiger partial charge in [0.25, 0.3) is 0 Å². The standard InChI is InChI=1S/C13H17N3O2/c1-4-14-10(12-9(2)5-8-18-12)11-13(17-3)16-7-6-15-11/h5-8,10,14H,4H2,1-3H3. The first kappa shape index (κ1) is 12.6. The molecule has 0 amide bonds. The summed E-state index contributed by atoms with van der Waals surface area (Å²) < 4.78 is 10.8. The average molecular weight is 247 g/mol. The molecule has 5 heteroatoms. The second-order valence-electron chi connectivity index (χ2n) is 3.91. The van der Waals surface area contributed by atoms with Gasteiger partial charge in [0.05, 0.1) is 13.4 Å². The number of aryl methyl sites for hydroxylation is 1. The molecule has 2 aromatic rings. The number of furan rings is 1. The van der Waals surface area contributed by atoms with Gasteiger partial charge in [-0.25, -0.2) is 4.98 Å². The quantitative estimate of drug-likeness (QED) is 0.876. The number of rotatable bonds is 5. The van der Waals surface area contributed by atoms with Crippen LogP contribution in [-0.2, 0) is 0 Å². The van der Waals surface area contributed by atoms with E-state index < -0.39 is 0 Å². The predicted octanol–water partition coefficient (Wildman–Crippen LogP) is 2.09. The van der Waals surface area contributed by atoms with E-state index in [0.717, 1.165) is 23.6 Å². The van der Waals surface area contributed by atoms with Gasteiger partial charge < -0.3 is 14.5 Å². The van der Waals surface area contributed by atoms with E-state index in [1.807, 2.05) is 19.9 Å². The van der Waals surface area contributed by atoms with Crippen molar-refractivity contribution < 1.29 is 9.15 Å². The molecule has 0 fully saturated rings. The highest BCUT2D eigenvalue weighted by Crippen LogP contribution is 2.28. The van der Waals surface area contributed by atoms with E-state index >= 15 is 0 Å². The largest absolute Gasteiger partial charge is 0.480 e. The maximum atomic E-state index is 5.55. The lowest BCUT2D eigenvalue weighted by molar-refractivity contribution is 0.373. The molecule has 1 N–H and O–H groups in total. The third kappa shape index (κ3) is 2.36. The number of nitrogens with one attached hydrogen (secondary N) is 1. The van der Waals surface area contributed by atoms with Gasteiger partial charge in [-0.15, -0.1) is 0 Å². The molecular weight excluding hydrogens is 230 g/mol. The molecule has 0 radical (unpaired) electrons. The maximum Gasteiger partial charge on any atom is 0.237 e. The minimum absolute atomic E-state index is 0.145. The van der Waals surface area contributed by atoms with E-state index in [4.69, 9.17) is 9.15 Å². The van der Waals surface area contributed by atoms with Gasteiger partial charge in [-0.05, 0) is 25.1 Å². The van der Waals surface area contributed by atoms with E-state index in [-0.39, 0.29) is 6.04 Å². The van der Waals surface area contributed by atoms with Crippen LogP contribution < -0.4 is 10.1 Å². The van der Waals surface area contributed by atoms with Crippen LogP contribution in [0.25, 0.3) is 0 Å². The number of ether oxygens (including phenoxy) is 1. The van der Waals surface area contributed by atoms with E-state index in [9.17, 15) is 0 Å². The molecule has 0 aromatic carbocycles. The van der Waals surface area contributed by atoms with Gasteiger partial charge in [0.1, 0.15) is 17.5 Å². The van der Waals surface area contributed by atoms with Gasteiger partial charge in [-0.3, -0.25) is 4.98 Å². The van der Waals surface area contributed by atoms with Crippen molar-refractivity contribution in [3.63, 3.8) is 0 Å². The smallest absolute Gasteiger partial charge is 0.237 e. The van der Waals surface area contributed by atoms with Crippen molar-refractivity contribution in [2.45, 2.75) is 19.9 Å². The predicted molar refractivity (Wildman–Crippen MR) is 67.5 cm³/mol. The first-order valence-corrected chi connectivity index (χ1v) is 5.90. The fourth-order valence-corrected chi connectivity index (χ4v) is 1.89. The summed E-state index contributed by atoms with van der Waals surface area (Å²) in [5.41, 5.74) is 1.81. The summed E-state index contributed by atoms with van der Waals surface area (Å²) in [4.78, 5) is 8.53. The number of hydrogen-bond donors (Lipinski definition) is 1. The highest BCUT2D eigenvalue weighted by Gasteiger charge is 2.23. The summed E-state index contributed by atoms with van der Waals surface area (Å²) in [7, 11) is 1.59. The van der Waals surface area contributed by atoms with Crippen LogP contribution in [0.1, 0.15) is 30.0 Å². The van der Waals surface area contributed by atoms with Crippen LogP contribution in [0.2, 0.25) is 0 Å². The first-order valence-electron chi connectivity index (χ1n) is 5.90. The zero-order valence-electron chi connectivity index (χ0n) is 10.8. The molecule has 5 nitrogen and oxygen atoms in total. The molecule has 0 aliphatic carbocycles. The molecule has 96 valence electrons. The van der Waals surface area contributed by atoms with Crippen LogP contribution in [0.3, 0.4) is 0 Å². The highest BCUT2D eigenvalue weighted by atomic mass is 16.5. The second kappa shape index (κ2) is 5.64. The zero-order chi connectivity index (χ0) is 13.0. The van der Waals surface area contributed by atoms with Crippen LogP contribution in [-0.4, -0.2) is 23.6 Å². The molecule has 0 saturated heterocycles. The Kier molecular flexibility index (Phi) is 3.94. The Labute approximate surface area is 106 Å². The lowest BCUT2D eigenvalue weighted by atomic mass is 10.1. The van der Waals surface area contributed by atoms with E-state index in [2.05, 4.69) is 15.3 Å². The van der Waals surface area contributed by atoms with Crippen molar-refractivity contribution in [1.29, 1.82) is 0 Å². The summed E-state index contributed by atoms with van der Waals surface area (Å²) in [5.74, 6) is 1.36. The average Bonchev–Trinajstić information content (AvgIpc) is 2.82. The van der Waals surface area contributed by atoms with E-state index in [0.29, 0.717) is 5.88 Å². The third-order valence-corrected chi connectivity index (χ3v) is 2.73. The Hall–Kier alpha value is -1.88. The van der Waals surface area contributed by atoms with Crippen LogP contribution in [0.5, 0.6) is 5.88 Å². The molecule has 1 atom stereocenters. The summed E-state index contributed by atoms with van der Waals surface area (Å²) in [6.07, 6.45) is 4.94. The minimum Gasteiger partial charge on any atom is -0.480 e. The number of nitrogens with zero attached hydrogens (tertiary/aromatic N) is 2. The van der Waals surface area contributed by atoms with Gasteiger partial charge in [-0.2, -0.15) is 0 Å². The summed E-state index contributed by atoms with van der Waals surface area (Å²) in [6.45, 7) is 4.84. The Balaban J connectivity index is 2.45. The zero-order valence-corrected chi connectivity index (χ0v) is 10.8. The topological polar surface area (TPSA) is 60.2 Å². The second-order valence-corrected chi connectivity index (χ2v) is 3.91. The molecule has 0 aliphatic rings. The molecule has 0 aliphatic heterocycles. The molecule has 0 spiro atoms. The third-order valence-electron chi connectivity index (χ3n) is 2.73. The Morgan fingerprint density at radius 1 is 1.39 bits per heavy atom. The fourth-order valence-electron chi connectivity index (χ4n) is 1.89.